The maximum atomic E-state index is 12.2. The van der Waals surface area contributed by atoms with Gasteiger partial charge in [-0.25, -0.2) is 0 Å². The molecule has 3 aromatic rings. The minimum absolute atomic E-state index is 0.170. The summed E-state index contributed by atoms with van der Waals surface area (Å²) in [6.07, 6.45) is 3.87. The number of amides is 1. The van der Waals surface area contributed by atoms with E-state index in [1.165, 1.54) is 0 Å². The van der Waals surface area contributed by atoms with Crippen LogP contribution >= 0.6 is 0 Å². The smallest absolute Gasteiger partial charge is 0.237 e. The van der Waals surface area contributed by atoms with E-state index in [9.17, 15) is 4.79 Å². The van der Waals surface area contributed by atoms with E-state index in [1.807, 2.05) is 66.7 Å². The summed E-state index contributed by atoms with van der Waals surface area (Å²) >= 11 is 0. The van der Waals surface area contributed by atoms with Crippen molar-refractivity contribution in [1.29, 1.82) is 0 Å². The van der Waals surface area contributed by atoms with Gasteiger partial charge in [-0.05, 0) is 47.4 Å². The number of aromatic nitrogens is 1. The van der Waals surface area contributed by atoms with Gasteiger partial charge in [0.1, 0.15) is 12.4 Å². The Morgan fingerprint density at radius 2 is 1.63 bits per heavy atom. The first-order valence-electron chi connectivity index (χ1n) is 8.88. The molecule has 1 amide bonds. The van der Waals surface area contributed by atoms with Crippen LogP contribution in [0.25, 0.3) is 0 Å². The highest BCUT2D eigenvalue weighted by atomic mass is 16.5. The zero-order chi connectivity index (χ0) is 18.9. The maximum Gasteiger partial charge on any atom is 0.237 e. The Labute approximate surface area is 159 Å². The SMILES string of the molecule is N[C@@H](Cc1ccc(OCc2ccccc2)cc1)C(=O)NCc1ccncc1. The monoisotopic (exact) mass is 361 g/mol. The minimum Gasteiger partial charge on any atom is -0.489 e. The Hall–Kier alpha value is -3.18. The zero-order valence-electron chi connectivity index (χ0n) is 15.0. The summed E-state index contributed by atoms with van der Waals surface area (Å²) in [6, 6.07) is 20.8. The minimum atomic E-state index is -0.595. The number of nitrogens with two attached hydrogens (primary N) is 1. The Morgan fingerprint density at radius 3 is 2.33 bits per heavy atom. The molecule has 0 fully saturated rings. The fourth-order valence-electron chi connectivity index (χ4n) is 2.63. The molecule has 0 radical (unpaired) electrons. The van der Waals surface area contributed by atoms with Crippen molar-refractivity contribution in [2.75, 3.05) is 0 Å². The predicted molar refractivity (Wildman–Crippen MR) is 105 cm³/mol. The van der Waals surface area contributed by atoms with Gasteiger partial charge >= 0.3 is 0 Å². The van der Waals surface area contributed by atoms with E-state index in [4.69, 9.17) is 10.5 Å². The molecule has 0 spiro atoms. The summed E-state index contributed by atoms with van der Waals surface area (Å²) in [6.45, 7) is 0.971. The number of ether oxygens (including phenoxy) is 1. The Balaban J connectivity index is 1.46. The van der Waals surface area contributed by atoms with E-state index >= 15 is 0 Å². The lowest BCUT2D eigenvalue weighted by molar-refractivity contribution is -0.122. The van der Waals surface area contributed by atoms with E-state index in [1.54, 1.807) is 12.4 Å². The van der Waals surface area contributed by atoms with Crippen LogP contribution in [0.1, 0.15) is 16.7 Å². The average Bonchev–Trinajstić information content (AvgIpc) is 2.73. The number of nitrogens with one attached hydrogen (secondary N) is 1. The standard InChI is InChI=1S/C22H23N3O2/c23-21(22(26)25-15-18-10-12-24-13-11-18)14-17-6-8-20(9-7-17)27-16-19-4-2-1-3-5-19/h1-13,21H,14-16,23H2,(H,25,26)/t21-/m0/s1. The molecule has 0 aliphatic carbocycles. The molecular formula is C22H23N3O2. The van der Waals surface area contributed by atoms with Crippen molar-refractivity contribution >= 4 is 5.91 Å². The number of nitrogens with zero attached hydrogens (tertiary/aromatic N) is 1. The average molecular weight is 361 g/mol. The molecule has 0 aliphatic heterocycles. The normalized spacial score (nSPS) is 11.6. The van der Waals surface area contributed by atoms with Gasteiger partial charge in [-0.3, -0.25) is 9.78 Å². The van der Waals surface area contributed by atoms with Crippen LogP contribution < -0.4 is 15.8 Å². The van der Waals surface area contributed by atoms with Gasteiger partial charge < -0.3 is 15.8 Å². The van der Waals surface area contributed by atoms with E-state index in [-0.39, 0.29) is 5.91 Å². The third-order valence-corrected chi connectivity index (χ3v) is 4.18. The van der Waals surface area contributed by atoms with Crippen LogP contribution in [0.3, 0.4) is 0 Å². The molecule has 5 heteroatoms. The first kappa shape index (κ1) is 18.6. The highest BCUT2D eigenvalue weighted by Crippen LogP contribution is 2.15. The summed E-state index contributed by atoms with van der Waals surface area (Å²) in [5.41, 5.74) is 9.14. The van der Waals surface area contributed by atoms with Gasteiger partial charge in [-0.2, -0.15) is 0 Å². The van der Waals surface area contributed by atoms with Crippen molar-refractivity contribution in [3.05, 3.63) is 95.8 Å². The van der Waals surface area contributed by atoms with E-state index in [2.05, 4.69) is 10.3 Å². The lowest BCUT2D eigenvalue weighted by Gasteiger charge is -2.13. The largest absolute Gasteiger partial charge is 0.489 e. The molecule has 0 aliphatic rings. The number of benzene rings is 2. The highest BCUT2D eigenvalue weighted by molar-refractivity contribution is 5.81. The molecule has 27 heavy (non-hydrogen) atoms. The quantitative estimate of drug-likeness (QED) is 0.647. The molecule has 0 bridgehead atoms. The van der Waals surface area contributed by atoms with Crippen LogP contribution in [0.2, 0.25) is 0 Å². The van der Waals surface area contributed by atoms with Crippen LogP contribution in [-0.4, -0.2) is 16.9 Å². The first-order chi connectivity index (χ1) is 13.2. The van der Waals surface area contributed by atoms with Crippen LogP contribution in [-0.2, 0) is 24.4 Å². The summed E-state index contributed by atoms with van der Waals surface area (Å²) in [5.74, 6) is 0.620. The second-order valence-electron chi connectivity index (χ2n) is 6.30. The molecule has 1 aromatic heterocycles. The lowest BCUT2D eigenvalue weighted by atomic mass is 10.1. The lowest BCUT2D eigenvalue weighted by Crippen LogP contribution is -2.41. The number of carbonyl (C=O) groups is 1. The van der Waals surface area contributed by atoms with Crippen molar-refractivity contribution in [2.24, 2.45) is 5.73 Å². The molecular weight excluding hydrogens is 338 g/mol. The van der Waals surface area contributed by atoms with E-state index in [0.29, 0.717) is 19.6 Å². The maximum absolute atomic E-state index is 12.2. The first-order valence-corrected chi connectivity index (χ1v) is 8.88. The number of rotatable bonds is 8. The fraction of sp³-hybridized carbons (Fsp3) is 0.182. The zero-order valence-corrected chi connectivity index (χ0v) is 15.0. The second kappa shape index (κ2) is 9.50. The molecule has 3 N–H and O–H groups in total. The molecule has 0 saturated carbocycles. The van der Waals surface area contributed by atoms with Gasteiger partial charge in [-0.1, -0.05) is 42.5 Å². The van der Waals surface area contributed by atoms with Crippen molar-refractivity contribution in [3.8, 4) is 5.75 Å². The molecule has 5 nitrogen and oxygen atoms in total. The summed E-state index contributed by atoms with van der Waals surface area (Å²) in [7, 11) is 0. The molecule has 0 saturated heterocycles. The van der Waals surface area contributed by atoms with Crippen LogP contribution in [0.5, 0.6) is 5.75 Å². The van der Waals surface area contributed by atoms with Gasteiger partial charge in [0.25, 0.3) is 0 Å². The Bertz CT molecular complexity index is 836. The van der Waals surface area contributed by atoms with Crippen LogP contribution in [0, 0.1) is 0 Å². The summed E-state index contributed by atoms with van der Waals surface area (Å²) < 4.78 is 5.77. The highest BCUT2D eigenvalue weighted by Gasteiger charge is 2.13. The van der Waals surface area contributed by atoms with Crippen LogP contribution in [0.4, 0.5) is 0 Å². The number of hydrogen-bond donors (Lipinski definition) is 2. The number of pyridine rings is 1. The molecule has 2 aromatic carbocycles. The molecule has 0 unspecified atom stereocenters. The Morgan fingerprint density at radius 1 is 0.926 bits per heavy atom. The number of hydrogen-bond acceptors (Lipinski definition) is 4. The van der Waals surface area contributed by atoms with Gasteiger partial charge in [0.2, 0.25) is 5.91 Å². The van der Waals surface area contributed by atoms with Crippen LogP contribution in [0.15, 0.2) is 79.1 Å². The predicted octanol–water partition coefficient (Wildman–Crippen LogP) is 2.85. The van der Waals surface area contributed by atoms with Crippen molar-refractivity contribution in [2.45, 2.75) is 25.6 Å². The van der Waals surface area contributed by atoms with Gasteiger partial charge in [-0.15, -0.1) is 0 Å². The summed E-state index contributed by atoms with van der Waals surface area (Å²) in [4.78, 5) is 16.1. The molecule has 1 heterocycles. The Kier molecular flexibility index (Phi) is 6.55. The topological polar surface area (TPSA) is 77.2 Å². The van der Waals surface area contributed by atoms with Crippen molar-refractivity contribution in [3.63, 3.8) is 0 Å². The van der Waals surface area contributed by atoms with E-state index in [0.717, 1.165) is 22.4 Å². The molecule has 3 rings (SSSR count). The van der Waals surface area contributed by atoms with E-state index < -0.39 is 6.04 Å². The fourth-order valence-corrected chi connectivity index (χ4v) is 2.63. The molecule has 138 valence electrons. The van der Waals surface area contributed by atoms with Gasteiger partial charge in [0.05, 0.1) is 6.04 Å². The molecule has 1 atom stereocenters. The summed E-state index contributed by atoms with van der Waals surface area (Å²) in [5, 5.41) is 2.85. The third kappa shape index (κ3) is 5.94. The van der Waals surface area contributed by atoms with Crippen molar-refractivity contribution < 1.29 is 9.53 Å². The van der Waals surface area contributed by atoms with Gasteiger partial charge in [0, 0.05) is 18.9 Å². The second-order valence-corrected chi connectivity index (χ2v) is 6.30. The van der Waals surface area contributed by atoms with Crippen molar-refractivity contribution in [1.82, 2.24) is 10.3 Å². The number of carbonyl (C=O) groups excluding carboxylic acids is 1. The third-order valence-electron chi connectivity index (χ3n) is 4.18. The van der Waals surface area contributed by atoms with Gasteiger partial charge in [0.15, 0.2) is 0 Å².